The van der Waals surface area contributed by atoms with Crippen LogP contribution in [-0.4, -0.2) is 27.5 Å². The van der Waals surface area contributed by atoms with Gasteiger partial charge < -0.3 is 10.6 Å². The van der Waals surface area contributed by atoms with Crippen LogP contribution in [0.3, 0.4) is 0 Å². The summed E-state index contributed by atoms with van der Waals surface area (Å²) in [7, 11) is 0. The Morgan fingerprint density at radius 3 is 2.61 bits per heavy atom. The molecule has 2 N–H and O–H groups in total. The molecule has 0 aliphatic rings. The molecule has 0 aliphatic heterocycles. The number of amides is 2. The van der Waals surface area contributed by atoms with Crippen LogP contribution in [0.25, 0.3) is 10.2 Å². The van der Waals surface area contributed by atoms with Gasteiger partial charge in [0.15, 0.2) is 0 Å². The van der Waals surface area contributed by atoms with Crippen LogP contribution in [0.5, 0.6) is 0 Å². The second-order valence-electron chi connectivity index (χ2n) is 7.44. The second-order valence-corrected chi connectivity index (χ2v) is 10.0. The highest BCUT2D eigenvalue weighted by atomic mass is 35.5. The van der Waals surface area contributed by atoms with Crippen molar-refractivity contribution in [1.82, 2.24) is 9.97 Å². The minimum atomic E-state index is -0.285. The number of halogens is 1. The van der Waals surface area contributed by atoms with Crippen LogP contribution < -0.4 is 10.6 Å². The summed E-state index contributed by atoms with van der Waals surface area (Å²) in [4.78, 5) is 35.9. The molecule has 0 saturated carbocycles. The average Bonchev–Trinajstić information content (AvgIpc) is 3.08. The fourth-order valence-electron chi connectivity index (χ4n) is 3.31. The predicted octanol–water partition coefficient (Wildman–Crippen LogP) is 6.25. The number of fused-ring (bicyclic) bond motifs is 1. The summed E-state index contributed by atoms with van der Waals surface area (Å²) in [5.41, 5.74) is 3.69. The summed E-state index contributed by atoms with van der Waals surface area (Å²) in [6, 6.07) is 12.2. The standard InChI is InChI=1S/C24H21ClN4O2S2/c1-13-10-16(8-9-19(13)29-22(31)17-6-4-5-7-18(17)25)28-20(30)11-32-23-21-14(2)15(3)33-24(21)27-12-26-23/h4-10,12H,11H2,1-3H3,(H,28,30)(H,29,31). The van der Waals surface area contributed by atoms with E-state index in [2.05, 4.69) is 34.4 Å². The predicted molar refractivity (Wildman–Crippen MR) is 137 cm³/mol. The fraction of sp³-hybridized carbons (Fsp3) is 0.167. The Balaban J connectivity index is 1.40. The van der Waals surface area contributed by atoms with E-state index >= 15 is 0 Å². The van der Waals surface area contributed by atoms with E-state index in [0.29, 0.717) is 22.0 Å². The number of nitrogens with zero attached hydrogens (tertiary/aromatic N) is 2. The van der Waals surface area contributed by atoms with E-state index in [-0.39, 0.29) is 17.6 Å². The summed E-state index contributed by atoms with van der Waals surface area (Å²) >= 11 is 9.13. The Morgan fingerprint density at radius 2 is 1.85 bits per heavy atom. The lowest BCUT2D eigenvalue weighted by Crippen LogP contribution is -2.15. The van der Waals surface area contributed by atoms with E-state index in [9.17, 15) is 9.59 Å². The topological polar surface area (TPSA) is 84.0 Å². The summed E-state index contributed by atoms with van der Waals surface area (Å²) in [5, 5.41) is 8.00. The number of carbonyl (C=O) groups is 2. The van der Waals surface area contributed by atoms with Crippen molar-refractivity contribution in [2.75, 3.05) is 16.4 Å². The molecule has 33 heavy (non-hydrogen) atoms. The number of carbonyl (C=O) groups excluding carboxylic acids is 2. The zero-order valence-electron chi connectivity index (χ0n) is 18.2. The summed E-state index contributed by atoms with van der Waals surface area (Å²) in [5.74, 6) is -0.194. The van der Waals surface area contributed by atoms with Crippen molar-refractivity contribution in [3.8, 4) is 0 Å². The van der Waals surface area contributed by atoms with Crippen LogP contribution in [0.4, 0.5) is 11.4 Å². The van der Waals surface area contributed by atoms with Crippen molar-refractivity contribution in [2.45, 2.75) is 25.8 Å². The van der Waals surface area contributed by atoms with E-state index < -0.39 is 0 Å². The monoisotopic (exact) mass is 496 g/mol. The lowest BCUT2D eigenvalue weighted by molar-refractivity contribution is -0.113. The van der Waals surface area contributed by atoms with Crippen molar-refractivity contribution in [2.24, 2.45) is 0 Å². The highest BCUT2D eigenvalue weighted by Crippen LogP contribution is 2.34. The fourth-order valence-corrected chi connectivity index (χ4v) is 5.45. The first-order valence-corrected chi connectivity index (χ1v) is 12.3. The number of benzene rings is 2. The molecule has 2 amide bonds. The number of anilines is 2. The smallest absolute Gasteiger partial charge is 0.257 e. The van der Waals surface area contributed by atoms with Gasteiger partial charge in [0.25, 0.3) is 5.91 Å². The number of nitrogens with one attached hydrogen (secondary N) is 2. The van der Waals surface area contributed by atoms with E-state index in [1.54, 1.807) is 47.7 Å². The SMILES string of the molecule is Cc1cc(NC(=O)CSc2ncnc3sc(C)c(C)c23)ccc1NC(=O)c1ccccc1Cl. The van der Waals surface area contributed by atoms with Crippen LogP contribution >= 0.6 is 34.7 Å². The third-order valence-electron chi connectivity index (χ3n) is 5.15. The van der Waals surface area contributed by atoms with E-state index in [0.717, 1.165) is 26.4 Å². The van der Waals surface area contributed by atoms with Crippen LogP contribution in [0.2, 0.25) is 5.02 Å². The Kier molecular flexibility index (Phi) is 6.97. The van der Waals surface area contributed by atoms with Crippen LogP contribution in [0, 0.1) is 20.8 Å². The molecule has 0 radical (unpaired) electrons. The largest absolute Gasteiger partial charge is 0.325 e. The van der Waals surface area contributed by atoms with Gasteiger partial charge in [-0.3, -0.25) is 9.59 Å². The van der Waals surface area contributed by atoms with Gasteiger partial charge in [-0.15, -0.1) is 11.3 Å². The van der Waals surface area contributed by atoms with Crippen molar-refractivity contribution in [3.05, 3.63) is 75.4 Å². The van der Waals surface area contributed by atoms with Crippen molar-refractivity contribution in [1.29, 1.82) is 0 Å². The molecule has 0 bridgehead atoms. The van der Waals surface area contributed by atoms with Gasteiger partial charge in [0.2, 0.25) is 5.91 Å². The number of hydrogen-bond donors (Lipinski definition) is 2. The first-order chi connectivity index (χ1) is 15.8. The van der Waals surface area contributed by atoms with Gasteiger partial charge >= 0.3 is 0 Å². The number of rotatable bonds is 6. The van der Waals surface area contributed by atoms with Crippen molar-refractivity contribution >= 4 is 68.1 Å². The normalized spacial score (nSPS) is 10.9. The molecule has 2 aromatic heterocycles. The molecule has 0 saturated heterocycles. The van der Waals surface area contributed by atoms with E-state index in [4.69, 9.17) is 11.6 Å². The second kappa shape index (κ2) is 9.91. The highest BCUT2D eigenvalue weighted by Gasteiger charge is 2.15. The number of hydrogen-bond acceptors (Lipinski definition) is 6. The van der Waals surface area contributed by atoms with Gasteiger partial charge in [0.05, 0.1) is 16.3 Å². The molecule has 9 heteroatoms. The minimum absolute atomic E-state index is 0.136. The molecule has 2 heterocycles. The van der Waals surface area contributed by atoms with Crippen molar-refractivity contribution in [3.63, 3.8) is 0 Å². The Hall–Kier alpha value is -2.94. The molecule has 4 rings (SSSR count). The first kappa shape index (κ1) is 23.2. The van der Waals surface area contributed by atoms with Crippen molar-refractivity contribution < 1.29 is 9.59 Å². The zero-order chi connectivity index (χ0) is 23.5. The Morgan fingerprint density at radius 1 is 1.06 bits per heavy atom. The minimum Gasteiger partial charge on any atom is -0.325 e. The average molecular weight is 497 g/mol. The molecule has 0 aliphatic carbocycles. The highest BCUT2D eigenvalue weighted by molar-refractivity contribution is 8.00. The van der Waals surface area contributed by atoms with Gasteiger partial charge in [-0.2, -0.15) is 0 Å². The lowest BCUT2D eigenvalue weighted by Gasteiger charge is -2.12. The van der Waals surface area contributed by atoms with E-state index in [1.807, 2.05) is 13.0 Å². The quantitative estimate of drug-likeness (QED) is 0.243. The Bertz CT molecular complexity index is 1370. The third-order valence-corrected chi connectivity index (χ3v) is 7.58. The maximum atomic E-state index is 12.6. The molecule has 4 aromatic rings. The maximum absolute atomic E-state index is 12.6. The molecule has 0 atom stereocenters. The third kappa shape index (κ3) is 5.19. The molecule has 0 fully saturated rings. The summed E-state index contributed by atoms with van der Waals surface area (Å²) < 4.78 is 0. The van der Waals surface area contributed by atoms with Crippen LogP contribution in [-0.2, 0) is 4.79 Å². The molecule has 2 aromatic carbocycles. The maximum Gasteiger partial charge on any atom is 0.257 e. The first-order valence-electron chi connectivity index (χ1n) is 10.1. The molecular weight excluding hydrogens is 476 g/mol. The van der Waals surface area contributed by atoms with Gasteiger partial charge in [-0.1, -0.05) is 35.5 Å². The molecular formula is C24H21ClN4O2S2. The summed E-state index contributed by atoms with van der Waals surface area (Å²) in [6.45, 7) is 5.98. The van der Waals surface area contributed by atoms with Gasteiger partial charge in [0.1, 0.15) is 16.2 Å². The lowest BCUT2D eigenvalue weighted by atomic mass is 10.1. The number of aromatic nitrogens is 2. The number of thiophene rings is 1. The number of aryl methyl sites for hydroxylation is 3. The summed E-state index contributed by atoms with van der Waals surface area (Å²) in [6.07, 6.45) is 1.54. The van der Waals surface area contributed by atoms with Crippen LogP contribution in [0.1, 0.15) is 26.4 Å². The van der Waals surface area contributed by atoms with Gasteiger partial charge in [-0.25, -0.2) is 9.97 Å². The van der Waals surface area contributed by atoms with Gasteiger partial charge in [0, 0.05) is 21.6 Å². The molecule has 168 valence electrons. The Labute approximate surface area is 204 Å². The van der Waals surface area contributed by atoms with E-state index in [1.165, 1.54) is 23.0 Å². The van der Waals surface area contributed by atoms with Crippen LogP contribution in [0.15, 0.2) is 53.8 Å². The van der Waals surface area contributed by atoms with Gasteiger partial charge in [-0.05, 0) is 62.2 Å². The zero-order valence-corrected chi connectivity index (χ0v) is 20.6. The molecule has 6 nitrogen and oxygen atoms in total. The molecule has 0 unspecified atom stereocenters. The number of thioether (sulfide) groups is 1. The molecule has 0 spiro atoms.